The Bertz CT molecular complexity index is 699. The summed E-state index contributed by atoms with van der Waals surface area (Å²) in [6.45, 7) is 3.62. The summed E-state index contributed by atoms with van der Waals surface area (Å²) in [6, 6.07) is 2.58. The van der Waals surface area contributed by atoms with Gasteiger partial charge < -0.3 is 10.5 Å². The van der Waals surface area contributed by atoms with E-state index >= 15 is 0 Å². The number of rotatable bonds is 4. The van der Waals surface area contributed by atoms with E-state index in [9.17, 15) is 22.4 Å². The van der Waals surface area contributed by atoms with E-state index in [4.69, 9.17) is 10.5 Å². The fourth-order valence-corrected chi connectivity index (χ4v) is 3.94. The molecule has 1 heterocycles. The minimum Gasteiger partial charge on any atom is -0.493 e. The second-order valence-corrected chi connectivity index (χ2v) is 7.41. The molecule has 1 amide bonds. The van der Waals surface area contributed by atoms with Gasteiger partial charge in [0, 0.05) is 17.5 Å². The standard InChI is InChI=1S/C17H19F4NO2/c1-15(2,8-16(17(19,20)21)7-12(16)14(22)23)11-6-10(18)5-9-3-4-24-13(9)11/h5-6,12H,3-4,7-8H2,1-2H3,(H2,22,23)/t12-,16-/m1/s1. The van der Waals surface area contributed by atoms with Crippen LogP contribution in [0.15, 0.2) is 12.1 Å². The van der Waals surface area contributed by atoms with Crippen molar-refractivity contribution in [1.29, 1.82) is 0 Å². The quantitative estimate of drug-likeness (QED) is 0.850. The Morgan fingerprint density at radius 3 is 2.58 bits per heavy atom. The van der Waals surface area contributed by atoms with Crippen molar-refractivity contribution in [2.24, 2.45) is 17.1 Å². The van der Waals surface area contributed by atoms with Crippen LogP contribution in [0.25, 0.3) is 0 Å². The number of ether oxygens (including phenoxy) is 1. The number of carbonyl (C=O) groups excluding carboxylic acids is 1. The van der Waals surface area contributed by atoms with E-state index in [0.717, 1.165) is 0 Å². The predicted molar refractivity (Wildman–Crippen MR) is 79.0 cm³/mol. The van der Waals surface area contributed by atoms with Crippen molar-refractivity contribution >= 4 is 5.91 Å². The minimum atomic E-state index is -4.54. The molecule has 1 aromatic rings. The van der Waals surface area contributed by atoms with Crippen LogP contribution in [0.2, 0.25) is 0 Å². The zero-order valence-electron chi connectivity index (χ0n) is 13.5. The van der Waals surface area contributed by atoms with Crippen LogP contribution in [-0.4, -0.2) is 18.7 Å². The zero-order chi connectivity index (χ0) is 17.9. The largest absolute Gasteiger partial charge is 0.493 e. The van der Waals surface area contributed by atoms with Crippen LogP contribution >= 0.6 is 0 Å². The van der Waals surface area contributed by atoms with Gasteiger partial charge in [0.25, 0.3) is 0 Å². The summed E-state index contributed by atoms with van der Waals surface area (Å²) in [5.41, 5.74) is 3.04. The third kappa shape index (κ3) is 2.54. The van der Waals surface area contributed by atoms with E-state index in [2.05, 4.69) is 0 Å². The maximum atomic E-state index is 13.9. The fourth-order valence-electron chi connectivity index (χ4n) is 3.94. The molecule has 1 saturated carbocycles. The Kier molecular flexibility index (Phi) is 3.62. The molecule has 1 aliphatic carbocycles. The summed E-state index contributed by atoms with van der Waals surface area (Å²) in [4.78, 5) is 11.3. The Hall–Kier alpha value is -1.79. The highest BCUT2D eigenvalue weighted by molar-refractivity contribution is 5.81. The van der Waals surface area contributed by atoms with E-state index < -0.39 is 34.6 Å². The van der Waals surface area contributed by atoms with Crippen LogP contribution < -0.4 is 10.5 Å². The minimum absolute atomic E-state index is 0.312. The second kappa shape index (κ2) is 5.10. The molecular formula is C17H19F4NO2. The van der Waals surface area contributed by atoms with Crippen LogP contribution in [0, 0.1) is 17.2 Å². The molecular weight excluding hydrogens is 326 g/mol. The number of primary amides is 1. The number of hydrogen-bond donors (Lipinski definition) is 1. The zero-order valence-corrected chi connectivity index (χ0v) is 13.5. The number of halogens is 4. The molecule has 7 heteroatoms. The molecule has 0 aromatic heterocycles. The lowest BCUT2D eigenvalue weighted by Crippen LogP contribution is -2.36. The van der Waals surface area contributed by atoms with Gasteiger partial charge in [0.15, 0.2) is 0 Å². The van der Waals surface area contributed by atoms with Crippen molar-refractivity contribution in [3.05, 3.63) is 29.1 Å². The maximum Gasteiger partial charge on any atom is 0.395 e. The molecule has 2 atom stereocenters. The normalized spacial score (nSPS) is 26.0. The smallest absolute Gasteiger partial charge is 0.395 e. The van der Waals surface area contributed by atoms with Gasteiger partial charge in [-0.3, -0.25) is 4.79 Å². The molecule has 3 nitrogen and oxygen atoms in total. The van der Waals surface area contributed by atoms with Gasteiger partial charge in [-0.2, -0.15) is 13.2 Å². The lowest BCUT2D eigenvalue weighted by Gasteiger charge is -2.33. The second-order valence-electron chi connectivity index (χ2n) is 7.41. The Balaban J connectivity index is 1.99. The summed E-state index contributed by atoms with van der Waals surface area (Å²) < 4.78 is 60.2. The van der Waals surface area contributed by atoms with E-state index in [1.165, 1.54) is 12.1 Å². The number of nitrogens with two attached hydrogens (primary N) is 1. The van der Waals surface area contributed by atoms with Crippen molar-refractivity contribution in [2.75, 3.05) is 6.61 Å². The summed E-state index contributed by atoms with van der Waals surface area (Å²) in [6.07, 6.45) is -4.66. The molecule has 2 aliphatic rings. The monoisotopic (exact) mass is 345 g/mol. The maximum absolute atomic E-state index is 13.9. The average molecular weight is 345 g/mol. The number of fused-ring (bicyclic) bond motifs is 1. The molecule has 0 unspecified atom stereocenters. The molecule has 132 valence electrons. The topological polar surface area (TPSA) is 52.3 Å². The van der Waals surface area contributed by atoms with E-state index in [-0.39, 0.29) is 12.8 Å². The Morgan fingerprint density at radius 2 is 2.04 bits per heavy atom. The molecule has 2 N–H and O–H groups in total. The van der Waals surface area contributed by atoms with Crippen LogP contribution in [0.3, 0.4) is 0 Å². The van der Waals surface area contributed by atoms with E-state index in [0.29, 0.717) is 29.9 Å². The van der Waals surface area contributed by atoms with Crippen LogP contribution in [0.5, 0.6) is 5.75 Å². The summed E-state index contributed by atoms with van der Waals surface area (Å²) in [5.74, 6) is -2.19. The molecule has 1 aliphatic heterocycles. The summed E-state index contributed by atoms with van der Waals surface area (Å²) in [7, 11) is 0. The van der Waals surface area contributed by atoms with Gasteiger partial charge in [-0.1, -0.05) is 13.8 Å². The highest BCUT2D eigenvalue weighted by Gasteiger charge is 2.73. The predicted octanol–water partition coefficient (Wildman–Crippen LogP) is 3.48. The molecule has 24 heavy (non-hydrogen) atoms. The molecule has 1 aromatic carbocycles. The third-order valence-electron chi connectivity index (χ3n) is 5.22. The summed E-state index contributed by atoms with van der Waals surface area (Å²) in [5, 5.41) is 0. The molecule has 1 fully saturated rings. The van der Waals surface area contributed by atoms with Gasteiger partial charge in [0.2, 0.25) is 5.91 Å². The van der Waals surface area contributed by atoms with Crippen molar-refractivity contribution in [3.63, 3.8) is 0 Å². The van der Waals surface area contributed by atoms with Crippen molar-refractivity contribution < 1.29 is 27.1 Å². The van der Waals surface area contributed by atoms with Crippen molar-refractivity contribution in [2.45, 2.75) is 44.7 Å². The average Bonchev–Trinajstić information content (AvgIpc) is 2.98. The fraction of sp³-hybridized carbons (Fsp3) is 0.588. The van der Waals surface area contributed by atoms with Gasteiger partial charge in [0.05, 0.1) is 17.9 Å². The first-order valence-corrected chi connectivity index (χ1v) is 7.80. The highest BCUT2D eigenvalue weighted by Crippen LogP contribution is 2.67. The first kappa shape index (κ1) is 17.0. The van der Waals surface area contributed by atoms with Gasteiger partial charge in [0.1, 0.15) is 11.6 Å². The highest BCUT2D eigenvalue weighted by atomic mass is 19.4. The number of hydrogen-bond acceptors (Lipinski definition) is 2. The first-order valence-electron chi connectivity index (χ1n) is 7.80. The van der Waals surface area contributed by atoms with Gasteiger partial charge >= 0.3 is 6.18 Å². The molecule has 0 saturated heterocycles. The lowest BCUT2D eigenvalue weighted by molar-refractivity contribution is -0.198. The van der Waals surface area contributed by atoms with Crippen LogP contribution in [0.1, 0.15) is 37.8 Å². The number of amides is 1. The number of alkyl halides is 3. The van der Waals surface area contributed by atoms with Gasteiger partial charge in [-0.05, 0) is 30.4 Å². The SMILES string of the molecule is CC(C)(C[C@]1(C(F)(F)F)C[C@@H]1C(N)=O)c1cc(F)cc2c1OCC2. The molecule has 0 spiro atoms. The van der Waals surface area contributed by atoms with Crippen LogP contribution in [-0.2, 0) is 16.6 Å². The first-order chi connectivity index (χ1) is 11.0. The van der Waals surface area contributed by atoms with E-state index in [1.54, 1.807) is 13.8 Å². The number of carbonyl (C=O) groups is 1. The summed E-state index contributed by atoms with van der Waals surface area (Å²) >= 11 is 0. The molecule has 3 rings (SSSR count). The van der Waals surface area contributed by atoms with Crippen molar-refractivity contribution in [3.8, 4) is 5.75 Å². The van der Waals surface area contributed by atoms with Gasteiger partial charge in [-0.25, -0.2) is 4.39 Å². The van der Waals surface area contributed by atoms with Crippen molar-refractivity contribution in [1.82, 2.24) is 0 Å². The number of benzene rings is 1. The van der Waals surface area contributed by atoms with Gasteiger partial charge in [-0.15, -0.1) is 0 Å². The van der Waals surface area contributed by atoms with E-state index in [1.807, 2.05) is 0 Å². The third-order valence-corrected chi connectivity index (χ3v) is 5.22. The Morgan fingerprint density at radius 1 is 1.38 bits per heavy atom. The lowest BCUT2D eigenvalue weighted by atomic mass is 9.73. The Labute approximate surface area is 137 Å². The molecule has 0 bridgehead atoms. The molecule has 0 radical (unpaired) electrons. The van der Waals surface area contributed by atoms with Crippen LogP contribution in [0.4, 0.5) is 17.6 Å².